The van der Waals surface area contributed by atoms with Crippen LogP contribution >= 0.6 is 0 Å². The van der Waals surface area contributed by atoms with E-state index in [2.05, 4.69) is 17.9 Å². The molecule has 1 fully saturated rings. The quantitative estimate of drug-likeness (QED) is 0.925. The first kappa shape index (κ1) is 14.8. The van der Waals surface area contributed by atoms with Crippen LogP contribution in [0, 0.1) is 0 Å². The molecule has 1 aromatic heterocycles. The van der Waals surface area contributed by atoms with E-state index in [-0.39, 0.29) is 0 Å². The summed E-state index contributed by atoms with van der Waals surface area (Å²) in [6.07, 6.45) is 7.51. The summed E-state index contributed by atoms with van der Waals surface area (Å²) in [5.41, 5.74) is 9.91. The Labute approximate surface area is 127 Å². The molecule has 0 spiro atoms. The van der Waals surface area contributed by atoms with E-state index in [9.17, 15) is 0 Å². The smallest absolute Gasteiger partial charge is 0.133 e. The van der Waals surface area contributed by atoms with Crippen molar-refractivity contribution >= 4 is 5.82 Å². The normalized spacial score (nSPS) is 22.2. The maximum Gasteiger partial charge on any atom is 0.133 e. The van der Waals surface area contributed by atoms with Crippen molar-refractivity contribution in [2.75, 3.05) is 24.6 Å². The average molecular weight is 289 g/mol. The van der Waals surface area contributed by atoms with Gasteiger partial charge in [-0.25, -0.2) is 4.98 Å². The van der Waals surface area contributed by atoms with E-state index in [1.54, 1.807) is 0 Å². The Hall–Kier alpha value is -1.13. The Morgan fingerprint density at radius 1 is 1.33 bits per heavy atom. The predicted octanol–water partition coefficient (Wildman–Crippen LogP) is 2.42. The molecular formula is C17H27N3O. The van der Waals surface area contributed by atoms with Crippen LogP contribution in [0.3, 0.4) is 0 Å². The standard InChI is InChI=1S/C17H27N3O/c1-2-21-15-7-5-9-20(12-15)17-14(11-18)10-13-6-3-4-8-16(13)19-17/h10,15H,2-9,11-12,18H2,1H3. The third-order valence-corrected chi connectivity index (χ3v) is 4.66. The molecule has 3 rings (SSSR count). The maximum atomic E-state index is 5.99. The lowest BCUT2D eigenvalue weighted by Gasteiger charge is -2.35. The molecule has 0 aromatic carbocycles. The Kier molecular flexibility index (Phi) is 4.76. The second-order valence-corrected chi connectivity index (χ2v) is 6.15. The summed E-state index contributed by atoms with van der Waals surface area (Å²) in [5, 5.41) is 0. The average Bonchev–Trinajstić information content (AvgIpc) is 2.54. The molecule has 0 bridgehead atoms. The fourth-order valence-corrected chi connectivity index (χ4v) is 3.60. The molecule has 1 aliphatic heterocycles. The van der Waals surface area contributed by atoms with Crippen LogP contribution in [0.1, 0.15) is 49.4 Å². The van der Waals surface area contributed by atoms with Gasteiger partial charge < -0.3 is 15.4 Å². The monoisotopic (exact) mass is 289 g/mol. The maximum absolute atomic E-state index is 5.99. The van der Waals surface area contributed by atoms with Crippen LogP contribution in [0.25, 0.3) is 0 Å². The van der Waals surface area contributed by atoms with Crippen LogP contribution in [-0.2, 0) is 24.1 Å². The number of fused-ring (bicyclic) bond motifs is 1. The molecular weight excluding hydrogens is 262 g/mol. The van der Waals surface area contributed by atoms with Crippen LogP contribution < -0.4 is 10.6 Å². The van der Waals surface area contributed by atoms with Gasteiger partial charge in [-0.2, -0.15) is 0 Å². The Balaban J connectivity index is 1.86. The van der Waals surface area contributed by atoms with Gasteiger partial charge >= 0.3 is 0 Å². The summed E-state index contributed by atoms with van der Waals surface area (Å²) in [6, 6.07) is 2.31. The summed E-state index contributed by atoms with van der Waals surface area (Å²) >= 11 is 0. The molecule has 1 saturated heterocycles. The van der Waals surface area contributed by atoms with Gasteiger partial charge in [0.2, 0.25) is 0 Å². The summed E-state index contributed by atoms with van der Waals surface area (Å²) in [6.45, 7) is 5.46. The molecule has 116 valence electrons. The molecule has 21 heavy (non-hydrogen) atoms. The first-order valence-corrected chi connectivity index (χ1v) is 8.40. The molecule has 1 atom stereocenters. The minimum Gasteiger partial charge on any atom is -0.377 e. The van der Waals surface area contributed by atoms with E-state index in [0.717, 1.165) is 44.8 Å². The Morgan fingerprint density at radius 2 is 2.19 bits per heavy atom. The largest absolute Gasteiger partial charge is 0.377 e. The predicted molar refractivity (Wildman–Crippen MR) is 85.6 cm³/mol. The number of aryl methyl sites for hydroxylation is 2. The van der Waals surface area contributed by atoms with E-state index in [4.69, 9.17) is 15.5 Å². The highest BCUT2D eigenvalue weighted by molar-refractivity contribution is 5.51. The van der Waals surface area contributed by atoms with Gasteiger partial charge in [0.05, 0.1) is 6.10 Å². The van der Waals surface area contributed by atoms with E-state index in [1.807, 2.05) is 0 Å². The summed E-state index contributed by atoms with van der Waals surface area (Å²) in [7, 11) is 0. The number of aromatic nitrogens is 1. The van der Waals surface area contributed by atoms with Gasteiger partial charge in [0.25, 0.3) is 0 Å². The van der Waals surface area contributed by atoms with E-state index < -0.39 is 0 Å². The zero-order valence-corrected chi connectivity index (χ0v) is 13.1. The molecule has 0 amide bonds. The molecule has 2 N–H and O–H groups in total. The van der Waals surface area contributed by atoms with E-state index in [1.165, 1.54) is 36.1 Å². The van der Waals surface area contributed by atoms with Gasteiger partial charge in [0.15, 0.2) is 0 Å². The zero-order valence-electron chi connectivity index (χ0n) is 13.1. The van der Waals surface area contributed by atoms with Gasteiger partial charge in [0.1, 0.15) is 5.82 Å². The van der Waals surface area contributed by atoms with Crippen molar-refractivity contribution in [3.8, 4) is 0 Å². The van der Waals surface area contributed by atoms with Gasteiger partial charge in [-0.05, 0) is 57.1 Å². The lowest BCUT2D eigenvalue weighted by atomic mass is 9.94. The van der Waals surface area contributed by atoms with Crippen molar-refractivity contribution in [3.63, 3.8) is 0 Å². The summed E-state index contributed by atoms with van der Waals surface area (Å²) in [4.78, 5) is 7.38. The molecule has 4 nitrogen and oxygen atoms in total. The fraction of sp³-hybridized carbons (Fsp3) is 0.706. The molecule has 0 saturated carbocycles. The van der Waals surface area contributed by atoms with Crippen molar-refractivity contribution in [3.05, 3.63) is 22.9 Å². The topological polar surface area (TPSA) is 51.4 Å². The zero-order chi connectivity index (χ0) is 14.7. The minimum atomic E-state index is 0.340. The number of piperidine rings is 1. The number of rotatable bonds is 4. The highest BCUT2D eigenvalue weighted by Crippen LogP contribution is 2.28. The van der Waals surface area contributed by atoms with Crippen LogP contribution in [-0.4, -0.2) is 30.8 Å². The van der Waals surface area contributed by atoms with Crippen molar-refractivity contribution < 1.29 is 4.74 Å². The van der Waals surface area contributed by atoms with Gasteiger partial charge in [0, 0.05) is 37.5 Å². The molecule has 4 heteroatoms. The van der Waals surface area contributed by atoms with E-state index >= 15 is 0 Å². The number of hydrogen-bond donors (Lipinski definition) is 1. The van der Waals surface area contributed by atoms with Crippen molar-refractivity contribution in [2.45, 2.75) is 58.1 Å². The SMILES string of the molecule is CCOC1CCCN(c2nc3c(cc2CN)CCCC3)C1. The molecule has 1 aliphatic carbocycles. The molecule has 1 aromatic rings. The van der Waals surface area contributed by atoms with Crippen LogP contribution in [0.2, 0.25) is 0 Å². The summed E-state index contributed by atoms with van der Waals surface area (Å²) in [5.74, 6) is 1.11. The Morgan fingerprint density at radius 3 is 3.00 bits per heavy atom. The number of nitrogens with two attached hydrogens (primary N) is 1. The first-order valence-electron chi connectivity index (χ1n) is 8.40. The third-order valence-electron chi connectivity index (χ3n) is 4.66. The molecule has 0 radical (unpaired) electrons. The van der Waals surface area contributed by atoms with Crippen LogP contribution in [0.5, 0.6) is 0 Å². The second kappa shape index (κ2) is 6.75. The van der Waals surface area contributed by atoms with Crippen LogP contribution in [0.4, 0.5) is 5.82 Å². The van der Waals surface area contributed by atoms with Crippen molar-refractivity contribution in [1.82, 2.24) is 4.98 Å². The van der Waals surface area contributed by atoms with Gasteiger partial charge in [-0.3, -0.25) is 0 Å². The number of nitrogens with zero attached hydrogens (tertiary/aromatic N) is 2. The second-order valence-electron chi connectivity index (χ2n) is 6.15. The lowest BCUT2D eigenvalue weighted by molar-refractivity contribution is 0.0525. The fourth-order valence-electron chi connectivity index (χ4n) is 3.60. The lowest BCUT2D eigenvalue weighted by Crippen LogP contribution is -2.41. The first-order chi connectivity index (χ1) is 10.3. The molecule has 1 unspecified atom stereocenters. The van der Waals surface area contributed by atoms with Gasteiger partial charge in [-0.1, -0.05) is 0 Å². The van der Waals surface area contributed by atoms with E-state index in [0.29, 0.717) is 12.6 Å². The van der Waals surface area contributed by atoms with Gasteiger partial charge in [-0.15, -0.1) is 0 Å². The number of pyridine rings is 1. The van der Waals surface area contributed by atoms with Crippen LogP contribution in [0.15, 0.2) is 6.07 Å². The van der Waals surface area contributed by atoms with Crippen molar-refractivity contribution in [2.24, 2.45) is 5.73 Å². The number of anilines is 1. The third kappa shape index (κ3) is 3.22. The summed E-state index contributed by atoms with van der Waals surface area (Å²) < 4.78 is 5.82. The Bertz CT molecular complexity index is 487. The minimum absolute atomic E-state index is 0.340. The van der Waals surface area contributed by atoms with Crippen molar-refractivity contribution in [1.29, 1.82) is 0 Å². The highest BCUT2D eigenvalue weighted by Gasteiger charge is 2.24. The molecule has 2 heterocycles. The number of hydrogen-bond acceptors (Lipinski definition) is 4. The number of ether oxygens (including phenoxy) is 1. The molecule has 2 aliphatic rings. The highest BCUT2D eigenvalue weighted by atomic mass is 16.5.